The van der Waals surface area contributed by atoms with Crippen molar-refractivity contribution in [2.45, 2.75) is 38.5 Å². The number of carbonyl (C=O) groups excluding carboxylic acids is 2. The zero-order chi connectivity index (χ0) is 26.0. The van der Waals surface area contributed by atoms with E-state index in [1.807, 2.05) is 18.2 Å². The molecule has 8 nitrogen and oxygen atoms in total. The lowest BCUT2D eigenvalue weighted by Crippen LogP contribution is -2.19. The molecule has 0 bridgehead atoms. The van der Waals surface area contributed by atoms with Crippen molar-refractivity contribution < 1.29 is 32.0 Å². The van der Waals surface area contributed by atoms with Crippen LogP contribution in [0.1, 0.15) is 55.5 Å². The second kappa shape index (κ2) is 10.1. The molecule has 0 spiro atoms. The summed E-state index contributed by atoms with van der Waals surface area (Å²) in [6.45, 7) is 0.0100. The maximum Gasteiger partial charge on any atom is 0.455 e. The number of rotatable bonds is 6. The number of nitrogens with zero attached hydrogens (tertiary/aromatic N) is 3. The summed E-state index contributed by atoms with van der Waals surface area (Å²) in [7, 11) is 0. The fourth-order valence-corrected chi connectivity index (χ4v) is 5.31. The van der Waals surface area contributed by atoms with Crippen molar-refractivity contribution in [3.05, 3.63) is 81.7 Å². The molecule has 1 aliphatic rings. The van der Waals surface area contributed by atoms with E-state index >= 15 is 0 Å². The highest BCUT2D eigenvalue weighted by Gasteiger charge is 2.38. The molecule has 0 saturated heterocycles. The summed E-state index contributed by atoms with van der Waals surface area (Å²) in [5, 5.41) is 6.01. The number of carbonyl (C=O) groups is 2. The minimum absolute atomic E-state index is 0.0100. The average Bonchev–Trinajstić information content (AvgIpc) is 3.52. The largest absolute Gasteiger partial charge is 0.457 e. The summed E-state index contributed by atoms with van der Waals surface area (Å²) >= 11 is 1.23. The van der Waals surface area contributed by atoms with E-state index in [1.54, 1.807) is 12.1 Å². The number of pyridine rings is 1. The van der Waals surface area contributed by atoms with Gasteiger partial charge >= 0.3 is 12.1 Å². The first-order valence-electron chi connectivity index (χ1n) is 11.3. The van der Waals surface area contributed by atoms with E-state index in [2.05, 4.69) is 20.4 Å². The molecule has 1 aromatic carbocycles. The molecule has 0 fully saturated rings. The van der Waals surface area contributed by atoms with Crippen molar-refractivity contribution >= 4 is 28.2 Å². The van der Waals surface area contributed by atoms with Gasteiger partial charge in [-0.1, -0.05) is 35.5 Å². The van der Waals surface area contributed by atoms with Gasteiger partial charge in [0, 0.05) is 11.1 Å². The highest BCUT2D eigenvalue weighted by atomic mass is 32.1. The Hall–Kier alpha value is -4.06. The van der Waals surface area contributed by atoms with Crippen molar-refractivity contribution in [1.82, 2.24) is 15.1 Å². The first-order valence-corrected chi connectivity index (χ1v) is 12.2. The molecule has 37 heavy (non-hydrogen) atoms. The van der Waals surface area contributed by atoms with Crippen molar-refractivity contribution in [1.29, 1.82) is 0 Å². The van der Waals surface area contributed by atoms with Gasteiger partial charge in [-0.25, -0.2) is 4.79 Å². The minimum Gasteiger partial charge on any atom is -0.457 e. The summed E-state index contributed by atoms with van der Waals surface area (Å²) < 4.78 is 49.6. The van der Waals surface area contributed by atoms with Crippen LogP contribution >= 0.6 is 11.3 Å². The Morgan fingerprint density at radius 1 is 1.08 bits per heavy atom. The van der Waals surface area contributed by atoms with Gasteiger partial charge in [0.25, 0.3) is 17.6 Å². The molecule has 0 atom stereocenters. The van der Waals surface area contributed by atoms with Gasteiger partial charge in [-0.15, -0.1) is 11.3 Å². The van der Waals surface area contributed by atoms with E-state index in [0.29, 0.717) is 12.8 Å². The zero-order valence-corrected chi connectivity index (χ0v) is 20.0. The molecule has 0 radical (unpaired) electrons. The topological polar surface area (TPSA) is 107 Å². The third-order valence-electron chi connectivity index (χ3n) is 5.75. The lowest BCUT2D eigenvalue weighted by atomic mass is 9.95. The number of thiophene rings is 1. The van der Waals surface area contributed by atoms with Crippen LogP contribution in [0.2, 0.25) is 0 Å². The normalized spacial score (nSPS) is 13.2. The summed E-state index contributed by atoms with van der Waals surface area (Å²) in [6, 6.07) is 12.0. The lowest BCUT2D eigenvalue weighted by molar-refractivity contribution is -0.146. The number of ether oxygens (including phenoxy) is 1. The van der Waals surface area contributed by atoms with Gasteiger partial charge in [0.15, 0.2) is 0 Å². The molecular weight excluding hydrogens is 509 g/mol. The summed E-state index contributed by atoms with van der Waals surface area (Å²) in [6.07, 6.45) is -0.357. The molecule has 1 aliphatic carbocycles. The Balaban J connectivity index is 1.43. The predicted molar refractivity (Wildman–Crippen MR) is 127 cm³/mol. The van der Waals surface area contributed by atoms with Crippen LogP contribution in [-0.2, 0) is 30.4 Å². The first kappa shape index (κ1) is 24.6. The molecule has 190 valence electrons. The number of aryl methyl sites for hydroxylation is 1. The second-order valence-electron chi connectivity index (χ2n) is 8.25. The minimum atomic E-state index is -4.77. The van der Waals surface area contributed by atoms with Crippen LogP contribution in [0.4, 0.5) is 18.2 Å². The SMILES string of the molecule is O=C(OCc1ccccc1)c1cccnc1C(=O)Nc1sc2c(c1-c1nc(C(F)(F)F)no1)CCCC2. The highest BCUT2D eigenvalue weighted by Crippen LogP contribution is 2.44. The molecule has 5 rings (SSSR count). The summed E-state index contributed by atoms with van der Waals surface area (Å²) in [4.78, 5) is 34.5. The van der Waals surface area contributed by atoms with Gasteiger partial charge in [-0.05, 0) is 48.9 Å². The third-order valence-corrected chi connectivity index (χ3v) is 6.95. The van der Waals surface area contributed by atoms with E-state index in [9.17, 15) is 22.8 Å². The molecule has 4 aromatic rings. The quantitative estimate of drug-likeness (QED) is 0.320. The molecule has 12 heteroatoms. The summed E-state index contributed by atoms with van der Waals surface area (Å²) in [5.74, 6) is -3.18. The van der Waals surface area contributed by atoms with Crippen LogP contribution in [0.25, 0.3) is 11.5 Å². The molecule has 1 N–H and O–H groups in total. The number of fused-ring (bicyclic) bond motifs is 1. The van der Waals surface area contributed by atoms with Crippen LogP contribution in [0, 0.1) is 0 Å². The van der Waals surface area contributed by atoms with Gasteiger partial charge in [-0.2, -0.15) is 18.2 Å². The molecule has 3 heterocycles. The van der Waals surface area contributed by atoms with Crippen LogP contribution in [-0.4, -0.2) is 27.0 Å². The zero-order valence-electron chi connectivity index (χ0n) is 19.2. The number of esters is 1. The number of hydrogen-bond acceptors (Lipinski definition) is 8. The van der Waals surface area contributed by atoms with E-state index in [4.69, 9.17) is 9.26 Å². The molecular formula is C25H19F3N4O4S. The van der Waals surface area contributed by atoms with Crippen molar-refractivity contribution in [3.63, 3.8) is 0 Å². The Morgan fingerprint density at radius 3 is 2.62 bits per heavy atom. The smallest absolute Gasteiger partial charge is 0.455 e. The molecule has 0 aliphatic heterocycles. The van der Waals surface area contributed by atoms with Crippen molar-refractivity contribution in [3.8, 4) is 11.5 Å². The van der Waals surface area contributed by atoms with Gasteiger partial charge in [0.1, 0.15) is 17.3 Å². The molecule has 0 unspecified atom stereocenters. The Labute approximate surface area is 212 Å². The number of alkyl halides is 3. The maximum atomic E-state index is 13.3. The second-order valence-corrected chi connectivity index (χ2v) is 9.36. The van der Waals surface area contributed by atoms with E-state index in [-0.39, 0.29) is 34.3 Å². The Bertz CT molecular complexity index is 1450. The van der Waals surface area contributed by atoms with Crippen LogP contribution in [0.5, 0.6) is 0 Å². The number of halogens is 3. The number of anilines is 1. The predicted octanol–water partition coefficient (Wildman–Crippen LogP) is 5.70. The molecule has 3 aromatic heterocycles. The fourth-order valence-electron chi connectivity index (χ4n) is 4.03. The Kier molecular flexibility index (Phi) is 6.74. The Morgan fingerprint density at radius 2 is 1.86 bits per heavy atom. The number of nitrogens with one attached hydrogen (secondary N) is 1. The standard InChI is InChI=1S/C25H19F3N4O4S/c26-25(27,28)24-31-21(36-32-24)18-15-9-4-5-11-17(15)37-22(18)30-20(33)19-16(10-6-12-29-19)23(34)35-13-14-7-2-1-3-8-14/h1-3,6-8,10,12H,4-5,9,11,13H2,(H,30,33). The number of amides is 1. The monoisotopic (exact) mass is 528 g/mol. The van der Waals surface area contributed by atoms with Crippen molar-refractivity contribution in [2.24, 2.45) is 0 Å². The number of aromatic nitrogens is 3. The van der Waals surface area contributed by atoms with Gasteiger partial charge in [0.05, 0.1) is 11.1 Å². The average molecular weight is 529 g/mol. The number of benzene rings is 1. The van der Waals surface area contributed by atoms with Crippen LogP contribution in [0.15, 0.2) is 53.2 Å². The highest BCUT2D eigenvalue weighted by molar-refractivity contribution is 7.17. The third kappa shape index (κ3) is 5.24. The van der Waals surface area contributed by atoms with Gasteiger partial charge < -0.3 is 14.6 Å². The van der Waals surface area contributed by atoms with Crippen LogP contribution < -0.4 is 5.32 Å². The lowest BCUT2D eigenvalue weighted by Gasteiger charge is -2.11. The van der Waals surface area contributed by atoms with Gasteiger partial charge in [0.2, 0.25) is 0 Å². The van der Waals surface area contributed by atoms with Gasteiger partial charge in [-0.3, -0.25) is 9.78 Å². The van der Waals surface area contributed by atoms with E-state index in [1.165, 1.54) is 29.7 Å². The van der Waals surface area contributed by atoms with E-state index in [0.717, 1.165) is 28.8 Å². The van der Waals surface area contributed by atoms with E-state index < -0.39 is 23.9 Å². The number of hydrogen-bond donors (Lipinski definition) is 1. The fraction of sp³-hybridized carbons (Fsp3) is 0.240. The molecule has 0 saturated carbocycles. The van der Waals surface area contributed by atoms with Crippen LogP contribution in [0.3, 0.4) is 0 Å². The van der Waals surface area contributed by atoms with Crippen molar-refractivity contribution in [2.75, 3.05) is 5.32 Å². The summed E-state index contributed by atoms with van der Waals surface area (Å²) in [5.41, 5.74) is 1.58. The first-order chi connectivity index (χ1) is 17.8. The maximum absolute atomic E-state index is 13.3. The molecule has 1 amide bonds.